The molecule has 180 valence electrons. The second-order valence-electron chi connectivity index (χ2n) is 8.88. The van der Waals surface area contributed by atoms with Gasteiger partial charge < -0.3 is 24.3 Å². The molecule has 3 N–H and O–H groups in total. The molecular weight excluding hydrogens is 452 g/mol. The van der Waals surface area contributed by atoms with Crippen LogP contribution in [-0.4, -0.2) is 48.9 Å². The minimum atomic E-state index is -1.26. The fourth-order valence-corrected chi connectivity index (χ4v) is 4.64. The first kappa shape index (κ1) is 22.7. The van der Waals surface area contributed by atoms with Crippen molar-refractivity contribution in [2.45, 2.75) is 18.9 Å². The van der Waals surface area contributed by atoms with Crippen molar-refractivity contribution in [3.05, 3.63) is 77.7 Å². The summed E-state index contributed by atoms with van der Waals surface area (Å²) in [6.07, 6.45) is 0.525. The van der Waals surface area contributed by atoms with E-state index in [2.05, 4.69) is 22.8 Å². The Hall–Kier alpha value is -4.11. The van der Waals surface area contributed by atoms with Gasteiger partial charge in [-0.15, -0.1) is 0 Å². The zero-order valence-electron chi connectivity index (χ0n) is 18.9. The van der Waals surface area contributed by atoms with Gasteiger partial charge >= 0.3 is 12.1 Å². The lowest BCUT2D eigenvalue weighted by Gasteiger charge is -2.25. The Morgan fingerprint density at radius 2 is 1.71 bits per heavy atom. The van der Waals surface area contributed by atoms with Crippen LogP contribution in [0.3, 0.4) is 0 Å². The number of carboxylic acids is 1. The SMILES string of the molecule is CC1(C(=O)O)COCC1NC(=O)c1occc1NC(=O)OCC1c2ccccc2-c2ccccc21. The molecule has 0 radical (unpaired) electrons. The van der Waals surface area contributed by atoms with Gasteiger partial charge in [-0.25, -0.2) is 4.79 Å². The molecule has 2 heterocycles. The summed E-state index contributed by atoms with van der Waals surface area (Å²) in [4.78, 5) is 37.0. The van der Waals surface area contributed by atoms with Crippen molar-refractivity contribution < 1.29 is 33.4 Å². The van der Waals surface area contributed by atoms with E-state index < -0.39 is 29.4 Å². The second kappa shape index (κ2) is 8.92. The number of anilines is 1. The standard InChI is InChI=1S/C26H24N2O7/c1-26(24(30)31)14-33-13-21(26)28-23(29)22-20(10-11-34-22)27-25(32)35-12-19-17-8-4-2-6-15(17)16-7-3-5-9-18(16)19/h2-11,19,21H,12-14H2,1H3,(H,27,32)(H,28,29)(H,30,31). The van der Waals surface area contributed by atoms with Crippen LogP contribution in [0.25, 0.3) is 11.1 Å². The smallest absolute Gasteiger partial charge is 0.411 e. The van der Waals surface area contributed by atoms with Crippen LogP contribution in [0.2, 0.25) is 0 Å². The molecular formula is C26H24N2O7. The molecule has 9 nitrogen and oxygen atoms in total. The average molecular weight is 476 g/mol. The largest absolute Gasteiger partial charge is 0.481 e. The van der Waals surface area contributed by atoms with Gasteiger partial charge in [0.2, 0.25) is 5.76 Å². The summed E-state index contributed by atoms with van der Waals surface area (Å²) in [7, 11) is 0. The van der Waals surface area contributed by atoms with E-state index in [4.69, 9.17) is 13.9 Å². The van der Waals surface area contributed by atoms with Gasteiger partial charge in [0.25, 0.3) is 5.91 Å². The first-order chi connectivity index (χ1) is 16.9. The van der Waals surface area contributed by atoms with Crippen molar-refractivity contribution in [1.82, 2.24) is 5.32 Å². The minimum absolute atomic E-state index is 0.0176. The fraction of sp³-hybridized carbons (Fsp3) is 0.269. The van der Waals surface area contributed by atoms with E-state index >= 15 is 0 Å². The highest BCUT2D eigenvalue weighted by Crippen LogP contribution is 2.44. The van der Waals surface area contributed by atoms with Gasteiger partial charge in [0.05, 0.1) is 31.2 Å². The minimum Gasteiger partial charge on any atom is -0.481 e. The predicted molar refractivity (Wildman–Crippen MR) is 125 cm³/mol. The van der Waals surface area contributed by atoms with Gasteiger partial charge in [-0.2, -0.15) is 0 Å². The molecule has 1 aliphatic heterocycles. The first-order valence-corrected chi connectivity index (χ1v) is 11.2. The maximum absolute atomic E-state index is 12.8. The van der Waals surface area contributed by atoms with Crippen LogP contribution in [0.1, 0.15) is 34.5 Å². The molecule has 2 unspecified atom stereocenters. The number of furan rings is 1. The van der Waals surface area contributed by atoms with Gasteiger partial charge in [-0.3, -0.25) is 14.9 Å². The number of nitrogens with one attached hydrogen (secondary N) is 2. The first-order valence-electron chi connectivity index (χ1n) is 11.2. The monoisotopic (exact) mass is 476 g/mol. The van der Waals surface area contributed by atoms with Crippen LogP contribution in [0.5, 0.6) is 0 Å². The average Bonchev–Trinajstić information content (AvgIpc) is 3.55. The van der Waals surface area contributed by atoms with E-state index in [1.807, 2.05) is 36.4 Å². The number of fused-ring (bicyclic) bond motifs is 3. The van der Waals surface area contributed by atoms with E-state index in [1.54, 1.807) is 0 Å². The number of carbonyl (C=O) groups excluding carboxylic acids is 2. The summed E-state index contributed by atoms with van der Waals surface area (Å²) >= 11 is 0. The maximum Gasteiger partial charge on any atom is 0.411 e. The number of aliphatic carboxylic acids is 1. The molecule has 1 aromatic heterocycles. The molecule has 2 aromatic carbocycles. The Kier molecular flexibility index (Phi) is 5.78. The Labute approximate surface area is 201 Å². The Bertz CT molecular complexity index is 1250. The van der Waals surface area contributed by atoms with E-state index in [0.717, 1.165) is 22.3 Å². The van der Waals surface area contributed by atoms with Crippen LogP contribution < -0.4 is 10.6 Å². The highest BCUT2D eigenvalue weighted by Gasteiger charge is 2.47. The third kappa shape index (κ3) is 4.04. The summed E-state index contributed by atoms with van der Waals surface area (Å²) in [5.41, 5.74) is 3.28. The quantitative estimate of drug-likeness (QED) is 0.493. The van der Waals surface area contributed by atoms with Crippen LogP contribution in [0.15, 0.2) is 65.3 Å². The van der Waals surface area contributed by atoms with Crippen molar-refractivity contribution in [3.63, 3.8) is 0 Å². The number of rotatable bonds is 6. The Morgan fingerprint density at radius 1 is 1.06 bits per heavy atom. The van der Waals surface area contributed by atoms with Crippen LogP contribution in [-0.2, 0) is 14.3 Å². The molecule has 0 saturated carbocycles. The number of benzene rings is 2. The third-order valence-electron chi connectivity index (χ3n) is 6.70. The summed E-state index contributed by atoms with van der Waals surface area (Å²) < 4.78 is 16.1. The van der Waals surface area contributed by atoms with Crippen molar-refractivity contribution in [2.75, 3.05) is 25.1 Å². The maximum atomic E-state index is 12.8. The number of carbonyl (C=O) groups is 3. The van der Waals surface area contributed by atoms with E-state index in [1.165, 1.54) is 19.3 Å². The fourth-order valence-electron chi connectivity index (χ4n) is 4.64. The normalized spacial score (nSPS) is 20.7. The van der Waals surface area contributed by atoms with E-state index in [0.29, 0.717) is 0 Å². The van der Waals surface area contributed by atoms with Gasteiger partial charge in [0.1, 0.15) is 12.0 Å². The molecule has 0 spiro atoms. The van der Waals surface area contributed by atoms with Crippen LogP contribution in [0, 0.1) is 5.41 Å². The van der Waals surface area contributed by atoms with Crippen LogP contribution >= 0.6 is 0 Å². The third-order valence-corrected chi connectivity index (χ3v) is 6.70. The molecule has 2 atom stereocenters. The summed E-state index contributed by atoms with van der Waals surface area (Å²) in [5.74, 6) is -1.99. The van der Waals surface area contributed by atoms with E-state index in [-0.39, 0.29) is 37.2 Å². The number of carboxylic acid groups (broad SMARTS) is 1. The number of hydrogen-bond donors (Lipinski definition) is 3. The van der Waals surface area contributed by atoms with Crippen LogP contribution in [0.4, 0.5) is 10.5 Å². The van der Waals surface area contributed by atoms with Crippen molar-refractivity contribution in [2.24, 2.45) is 5.41 Å². The molecule has 9 heteroatoms. The summed E-state index contributed by atoms with van der Waals surface area (Å²) in [5, 5.41) is 14.7. The van der Waals surface area contributed by atoms with Crippen molar-refractivity contribution >= 4 is 23.7 Å². The molecule has 35 heavy (non-hydrogen) atoms. The zero-order valence-corrected chi connectivity index (χ0v) is 18.9. The van der Waals surface area contributed by atoms with Crippen molar-refractivity contribution in [1.29, 1.82) is 0 Å². The van der Waals surface area contributed by atoms with Gasteiger partial charge in [-0.05, 0) is 29.2 Å². The molecule has 1 saturated heterocycles. The number of ether oxygens (including phenoxy) is 2. The predicted octanol–water partition coefficient (Wildman–Crippen LogP) is 3.86. The Balaban J connectivity index is 1.24. The molecule has 2 aliphatic rings. The molecule has 3 aromatic rings. The van der Waals surface area contributed by atoms with Gasteiger partial charge in [0.15, 0.2) is 0 Å². The molecule has 0 bridgehead atoms. The molecule has 1 fully saturated rings. The highest BCUT2D eigenvalue weighted by molar-refractivity contribution is 6.00. The lowest BCUT2D eigenvalue weighted by atomic mass is 9.85. The van der Waals surface area contributed by atoms with E-state index in [9.17, 15) is 19.5 Å². The van der Waals surface area contributed by atoms with Gasteiger partial charge in [0, 0.05) is 12.0 Å². The zero-order chi connectivity index (χ0) is 24.6. The molecule has 1 aliphatic carbocycles. The Morgan fingerprint density at radius 3 is 2.37 bits per heavy atom. The molecule has 5 rings (SSSR count). The second-order valence-corrected chi connectivity index (χ2v) is 8.88. The summed E-state index contributed by atoms with van der Waals surface area (Å²) in [6, 6.07) is 16.7. The lowest BCUT2D eigenvalue weighted by Crippen LogP contribution is -2.49. The number of amides is 2. The lowest BCUT2D eigenvalue weighted by molar-refractivity contribution is -0.148. The summed E-state index contributed by atoms with van der Waals surface area (Å²) in [6.45, 7) is 1.67. The highest BCUT2D eigenvalue weighted by atomic mass is 16.5. The van der Waals surface area contributed by atoms with Gasteiger partial charge in [-0.1, -0.05) is 48.5 Å². The number of hydrogen-bond acceptors (Lipinski definition) is 6. The molecule has 2 amide bonds. The topological polar surface area (TPSA) is 127 Å². The van der Waals surface area contributed by atoms with Crippen molar-refractivity contribution in [3.8, 4) is 11.1 Å².